The van der Waals surface area contributed by atoms with Crippen molar-refractivity contribution in [1.29, 1.82) is 0 Å². The zero-order valence-corrected chi connectivity index (χ0v) is 8.71. The molecule has 2 N–H and O–H groups in total. The summed E-state index contributed by atoms with van der Waals surface area (Å²) in [5, 5.41) is 4.51. The van der Waals surface area contributed by atoms with Crippen molar-refractivity contribution in [2.75, 3.05) is 0 Å². The molecule has 1 atom stereocenters. The van der Waals surface area contributed by atoms with Crippen molar-refractivity contribution in [2.24, 2.45) is 12.8 Å². The van der Waals surface area contributed by atoms with Gasteiger partial charge >= 0.3 is 0 Å². The summed E-state index contributed by atoms with van der Waals surface area (Å²) in [6, 6.07) is -0.0707. The second-order valence-electron chi connectivity index (χ2n) is 3.68. The Morgan fingerprint density at radius 3 is 3.00 bits per heavy atom. The van der Waals surface area contributed by atoms with Crippen LogP contribution >= 0.6 is 0 Å². The minimum absolute atomic E-state index is 0.0707. The summed E-state index contributed by atoms with van der Waals surface area (Å²) in [6.07, 6.45) is 3.04. The fraction of sp³-hybridized carbons (Fsp3) is 0.444. The zero-order chi connectivity index (χ0) is 11.0. The van der Waals surface area contributed by atoms with Gasteiger partial charge in [-0.2, -0.15) is 5.10 Å². The Labute approximate surface area is 86.3 Å². The number of hydrogen-bond donors (Lipinski definition) is 1. The molecule has 2 heterocycles. The minimum Gasteiger partial charge on any atom is -0.326 e. The quantitative estimate of drug-likeness (QED) is 0.718. The van der Waals surface area contributed by atoms with Crippen LogP contribution in [0, 0.1) is 0 Å². The van der Waals surface area contributed by atoms with Crippen LogP contribution in [0.3, 0.4) is 0 Å². The van der Waals surface area contributed by atoms with Crippen molar-refractivity contribution in [3.05, 3.63) is 22.9 Å². The van der Waals surface area contributed by atoms with Crippen LogP contribution in [0.25, 0.3) is 11.0 Å². The van der Waals surface area contributed by atoms with Gasteiger partial charge in [-0.25, -0.2) is 4.98 Å². The molecule has 0 bridgehead atoms. The van der Waals surface area contributed by atoms with E-state index in [1.807, 2.05) is 6.92 Å². The van der Waals surface area contributed by atoms with Gasteiger partial charge in [-0.05, 0) is 6.92 Å². The van der Waals surface area contributed by atoms with E-state index >= 15 is 0 Å². The molecule has 80 valence electrons. The maximum atomic E-state index is 11.9. The summed E-state index contributed by atoms with van der Waals surface area (Å²) < 4.78 is 3.08. The van der Waals surface area contributed by atoms with Gasteiger partial charge in [-0.3, -0.25) is 14.0 Å². The largest absolute Gasteiger partial charge is 0.326 e. The van der Waals surface area contributed by atoms with Crippen LogP contribution in [0.15, 0.2) is 17.3 Å². The molecule has 0 saturated carbocycles. The first-order valence-corrected chi connectivity index (χ1v) is 4.72. The Morgan fingerprint density at radius 1 is 1.60 bits per heavy atom. The smallest absolute Gasteiger partial charge is 0.264 e. The Bertz CT molecular complexity index is 539. The third-order valence-corrected chi connectivity index (χ3v) is 2.20. The normalized spacial score (nSPS) is 13.3. The summed E-state index contributed by atoms with van der Waals surface area (Å²) in [5.41, 5.74) is 6.14. The molecule has 0 aliphatic rings. The number of nitrogens with two attached hydrogens (primary N) is 1. The number of nitrogens with zero attached hydrogens (tertiary/aromatic N) is 4. The van der Waals surface area contributed by atoms with Gasteiger partial charge in [0.1, 0.15) is 11.7 Å². The topological polar surface area (TPSA) is 78.7 Å². The molecular weight excluding hydrogens is 194 g/mol. The lowest BCUT2D eigenvalue weighted by Crippen LogP contribution is -2.29. The van der Waals surface area contributed by atoms with Crippen molar-refractivity contribution < 1.29 is 0 Å². The third kappa shape index (κ3) is 1.63. The molecule has 0 unspecified atom stereocenters. The molecule has 0 radical (unpaired) electrons. The minimum atomic E-state index is -0.0922. The average molecular weight is 207 g/mol. The second kappa shape index (κ2) is 3.47. The van der Waals surface area contributed by atoms with E-state index in [1.54, 1.807) is 11.7 Å². The van der Waals surface area contributed by atoms with E-state index in [0.29, 0.717) is 17.6 Å². The van der Waals surface area contributed by atoms with Crippen LogP contribution in [0.4, 0.5) is 0 Å². The maximum absolute atomic E-state index is 11.9. The number of rotatable bonds is 2. The molecule has 15 heavy (non-hydrogen) atoms. The number of hydrogen-bond acceptors (Lipinski definition) is 4. The van der Waals surface area contributed by atoms with Gasteiger partial charge in [0.15, 0.2) is 5.65 Å². The molecule has 2 rings (SSSR count). The van der Waals surface area contributed by atoms with Crippen LogP contribution in [0.2, 0.25) is 0 Å². The SMILES string of the molecule is C[C@@H](N)Cn1cnc2c(cnn2C)c1=O. The highest BCUT2D eigenvalue weighted by Gasteiger charge is 2.08. The van der Waals surface area contributed by atoms with E-state index in [0.717, 1.165) is 0 Å². The first-order valence-electron chi connectivity index (χ1n) is 4.72. The summed E-state index contributed by atoms with van der Waals surface area (Å²) in [5.74, 6) is 0. The van der Waals surface area contributed by atoms with Crippen LogP contribution in [-0.4, -0.2) is 25.4 Å². The van der Waals surface area contributed by atoms with Gasteiger partial charge in [0, 0.05) is 19.6 Å². The molecule has 6 heteroatoms. The van der Waals surface area contributed by atoms with Gasteiger partial charge in [0.2, 0.25) is 0 Å². The van der Waals surface area contributed by atoms with Gasteiger partial charge in [0.25, 0.3) is 5.56 Å². The predicted molar refractivity (Wildman–Crippen MR) is 56.4 cm³/mol. The van der Waals surface area contributed by atoms with Crippen molar-refractivity contribution in [3.63, 3.8) is 0 Å². The Hall–Kier alpha value is -1.69. The van der Waals surface area contributed by atoms with E-state index in [-0.39, 0.29) is 11.6 Å². The van der Waals surface area contributed by atoms with E-state index in [1.165, 1.54) is 17.1 Å². The molecular formula is C9H13N5O. The highest BCUT2D eigenvalue weighted by Crippen LogP contribution is 2.02. The molecule has 0 spiro atoms. The molecule has 0 aliphatic carbocycles. The number of aromatic nitrogens is 4. The molecule has 0 aliphatic heterocycles. The summed E-state index contributed by atoms with van der Waals surface area (Å²) in [4.78, 5) is 16.1. The summed E-state index contributed by atoms with van der Waals surface area (Å²) in [6.45, 7) is 2.32. The van der Waals surface area contributed by atoms with Gasteiger partial charge < -0.3 is 5.73 Å². The molecule has 6 nitrogen and oxygen atoms in total. The molecule has 0 saturated heterocycles. The summed E-state index contributed by atoms with van der Waals surface area (Å²) >= 11 is 0. The Kier molecular flexibility index (Phi) is 2.28. The van der Waals surface area contributed by atoms with Crippen molar-refractivity contribution in [3.8, 4) is 0 Å². The van der Waals surface area contributed by atoms with Gasteiger partial charge in [-0.1, -0.05) is 0 Å². The molecule has 0 fully saturated rings. The fourth-order valence-corrected chi connectivity index (χ4v) is 1.51. The van der Waals surface area contributed by atoms with Gasteiger partial charge in [0.05, 0.1) is 6.20 Å². The van der Waals surface area contributed by atoms with Crippen molar-refractivity contribution >= 4 is 11.0 Å². The molecule has 0 amide bonds. The molecule has 2 aromatic rings. The van der Waals surface area contributed by atoms with Crippen LogP contribution in [0.1, 0.15) is 6.92 Å². The van der Waals surface area contributed by atoms with Crippen molar-refractivity contribution in [1.82, 2.24) is 19.3 Å². The first kappa shape index (κ1) is 9.85. The lowest BCUT2D eigenvalue weighted by atomic mass is 10.3. The van der Waals surface area contributed by atoms with Crippen LogP contribution < -0.4 is 11.3 Å². The average Bonchev–Trinajstić information content (AvgIpc) is 2.53. The fourth-order valence-electron chi connectivity index (χ4n) is 1.51. The van der Waals surface area contributed by atoms with E-state index in [9.17, 15) is 4.79 Å². The summed E-state index contributed by atoms with van der Waals surface area (Å²) in [7, 11) is 1.75. The zero-order valence-electron chi connectivity index (χ0n) is 8.71. The van der Waals surface area contributed by atoms with Crippen molar-refractivity contribution in [2.45, 2.75) is 19.5 Å². The third-order valence-electron chi connectivity index (χ3n) is 2.20. The highest BCUT2D eigenvalue weighted by molar-refractivity contribution is 5.72. The van der Waals surface area contributed by atoms with E-state index < -0.39 is 0 Å². The van der Waals surface area contributed by atoms with Crippen LogP contribution in [-0.2, 0) is 13.6 Å². The molecule has 2 aromatic heterocycles. The molecule has 0 aromatic carbocycles. The van der Waals surface area contributed by atoms with Crippen LogP contribution in [0.5, 0.6) is 0 Å². The Morgan fingerprint density at radius 2 is 2.33 bits per heavy atom. The lowest BCUT2D eigenvalue weighted by Gasteiger charge is -2.07. The predicted octanol–water partition coefficient (Wildman–Crippen LogP) is -0.523. The van der Waals surface area contributed by atoms with E-state index in [4.69, 9.17) is 5.73 Å². The standard InChI is InChI=1S/C9H13N5O/c1-6(10)4-14-5-11-8-7(9(14)15)3-12-13(8)2/h3,5-6H,4,10H2,1-2H3/t6-/m1/s1. The first-order chi connectivity index (χ1) is 7.09. The number of fused-ring (bicyclic) bond motifs is 1. The Balaban J connectivity index is 2.61. The lowest BCUT2D eigenvalue weighted by molar-refractivity contribution is 0.569. The number of aryl methyl sites for hydroxylation is 1. The highest BCUT2D eigenvalue weighted by atomic mass is 16.1. The maximum Gasteiger partial charge on any atom is 0.264 e. The monoisotopic (exact) mass is 207 g/mol. The second-order valence-corrected chi connectivity index (χ2v) is 3.68. The van der Waals surface area contributed by atoms with Gasteiger partial charge in [-0.15, -0.1) is 0 Å². The van der Waals surface area contributed by atoms with E-state index in [2.05, 4.69) is 10.1 Å².